The molecule has 0 aromatic heterocycles. The van der Waals surface area contributed by atoms with Crippen LogP contribution in [0.1, 0.15) is 25.3 Å². The molecule has 2 aliphatic heterocycles. The Hall–Kier alpha value is -3.36. The number of nitrogens with one attached hydrogen (secondary N) is 1. The summed E-state index contributed by atoms with van der Waals surface area (Å²) in [6.45, 7) is 2.47. The molecule has 7 nitrogen and oxygen atoms in total. The number of urea groups is 1. The Bertz CT molecular complexity index is 1030. The zero-order valence-corrected chi connectivity index (χ0v) is 17.7. The molecule has 1 fully saturated rings. The average molecular weight is 446 g/mol. The maximum absolute atomic E-state index is 14.4. The van der Waals surface area contributed by atoms with Crippen molar-refractivity contribution >= 4 is 17.7 Å². The summed E-state index contributed by atoms with van der Waals surface area (Å²) in [5.74, 6) is -0.776. The highest BCUT2D eigenvalue weighted by molar-refractivity contribution is 5.90. The van der Waals surface area contributed by atoms with Gasteiger partial charge in [0.15, 0.2) is 11.5 Å². The third kappa shape index (κ3) is 4.46. The molecule has 0 unspecified atom stereocenters. The predicted octanol–water partition coefficient (Wildman–Crippen LogP) is 4.11. The van der Waals surface area contributed by atoms with Gasteiger partial charge in [0, 0.05) is 30.9 Å². The van der Waals surface area contributed by atoms with Gasteiger partial charge in [-0.15, -0.1) is 0 Å². The number of carbonyl (C=O) groups excluding carboxylic acids is 2. The van der Waals surface area contributed by atoms with Crippen LogP contribution in [0.2, 0.25) is 0 Å². The molecule has 4 rings (SSSR count). The second-order valence-electron chi connectivity index (χ2n) is 7.94. The first-order chi connectivity index (χ1) is 15.4. The van der Waals surface area contributed by atoms with E-state index in [1.165, 1.54) is 11.0 Å². The smallest absolute Gasteiger partial charge is 0.321 e. The van der Waals surface area contributed by atoms with Crippen LogP contribution >= 0.6 is 0 Å². The van der Waals surface area contributed by atoms with E-state index in [1.54, 1.807) is 25.1 Å². The van der Waals surface area contributed by atoms with Gasteiger partial charge in [0.05, 0.1) is 12.0 Å². The van der Waals surface area contributed by atoms with Gasteiger partial charge in [0.25, 0.3) is 0 Å². The molecule has 1 N–H and O–H groups in total. The number of esters is 1. The Kier molecular flexibility index (Phi) is 6.16. The van der Waals surface area contributed by atoms with Crippen molar-refractivity contribution in [2.75, 3.05) is 31.8 Å². The van der Waals surface area contributed by atoms with Gasteiger partial charge in [-0.3, -0.25) is 4.79 Å². The number of rotatable bonds is 5. The Morgan fingerprint density at radius 3 is 2.75 bits per heavy atom. The van der Waals surface area contributed by atoms with E-state index in [0.717, 1.165) is 12.1 Å². The van der Waals surface area contributed by atoms with E-state index in [1.807, 2.05) is 0 Å². The minimum atomic E-state index is -1.13. The largest absolute Gasteiger partial charge is 0.466 e. The number of halogens is 2. The van der Waals surface area contributed by atoms with Gasteiger partial charge in [0.1, 0.15) is 11.6 Å². The number of fused-ring (bicyclic) bond motifs is 1. The molecule has 2 amide bonds. The number of benzene rings is 2. The molecule has 0 spiro atoms. The van der Waals surface area contributed by atoms with Gasteiger partial charge < -0.3 is 24.4 Å². The van der Waals surface area contributed by atoms with Crippen LogP contribution < -0.4 is 14.8 Å². The van der Waals surface area contributed by atoms with Crippen molar-refractivity contribution in [1.29, 1.82) is 0 Å². The number of anilines is 1. The Balaban J connectivity index is 1.54. The quantitative estimate of drug-likeness (QED) is 0.700. The van der Waals surface area contributed by atoms with Crippen LogP contribution in [0.25, 0.3) is 0 Å². The van der Waals surface area contributed by atoms with Crippen molar-refractivity contribution < 1.29 is 32.6 Å². The predicted molar refractivity (Wildman–Crippen MR) is 112 cm³/mol. The Morgan fingerprint density at radius 2 is 1.97 bits per heavy atom. The fourth-order valence-corrected chi connectivity index (χ4v) is 4.18. The first kappa shape index (κ1) is 21.9. The van der Waals surface area contributed by atoms with Crippen molar-refractivity contribution in [3.8, 4) is 11.5 Å². The second kappa shape index (κ2) is 9.02. The molecule has 0 bridgehead atoms. The summed E-state index contributed by atoms with van der Waals surface area (Å²) < 4.78 is 43.6. The molecular formula is C23H24F2N2O5. The lowest BCUT2D eigenvalue weighted by Gasteiger charge is -2.41. The molecule has 2 aromatic rings. The standard InChI is InChI=1S/C23H24F2N2O5/c1-2-30-21(28)23(12-15-4-5-16(24)10-18(15)25)8-3-9-27(13-23)22(29)26-17-6-7-19-20(11-17)32-14-31-19/h4-7,10-11H,2-3,8-9,12-14H2,1H3,(H,26,29)/t23-/m1/s1. The molecule has 2 aromatic carbocycles. The van der Waals surface area contributed by atoms with E-state index >= 15 is 0 Å². The summed E-state index contributed by atoms with van der Waals surface area (Å²) in [4.78, 5) is 27.4. The molecule has 0 saturated carbocycles. The molecule has 1 saturated heterocycles. The number of hydrogen-bond donors (Lipinski definition) is 1. The van der Waals surface area contributed by atoms with Gasteiger partial charge in [-0.2, -0.15) is 0 Å². The van der Waals surface area contributed by atoms with E-state index in [0.29, 0.717) is 36.6 Å². The van der Waals surface area contributed by atoms with E-state index in [9.17, 15) is 18.4 Å². The zero-order chi connectivity index (χ0) is 22.7. The molecule has 0 aliphatic carbocycles. The summed E-state index contributed by atoms with van der Waals surface area (Å²) in [6, 6.07) is 7.95. The summed E-state index contributed by atoms with van der Waals surface area (Å²) >= 11 is 0. The Morgan fingerprint density at radius 1 is 1.16 bits per heavy atom. The fraction of sp³-hybridized carbons (Fsp3) is 0.391. The first-order valence-corrected chi connectivity index (χ1v) is 10.5. The first-order valence-electron chi connectivity index (χ1n) is 10.5. The van der Waals surface area contributed by atoms with Crippen LogP contribution in [-0.2, 0) is 16.0 Å². The van der Waals surface area contributed by atoms with E-state index < -0.39 is 29.0 Å². The molecule has 170 valence electrons. The van der Waals surface area contributed by atoms with E-state index in [2.05, 4.69) is 5.32 Å². The third-order valence-corrected chi connectivity index (χ3v) is 5.74. The van der Waals surface area contributed by atoms with Crippen LogP contribution in [0.3, 0.4) is 0 Å². The van der Waals surface area contributed by atoms with Crippen LogP contribution in [0.4, 0.5) is 19.3 Å². The second-order valence-corrected chi connectivity index (χ2v) is 7.94. The maximum Gasteiger partial charge on any atom is 0.321 e. The monoisotopic (exact) mass is 446 g/mol. The molecule has 2 heterocycles. The third-order valence-electron chi connectivity index (χ3n) is 5.74. The minimum Gasteiger partial charge on any atom is -0.466 e. The number of nitrogens with zero attached hydrogens (tertiary/aromatic N) is 1. The maximum atomic E-state index is 14.4. The highest BCUT2D eigenvalue weighted by atomic mass is 19.1. The highest BCUT2D eigenvalue weighted by Crippen LogP contribution is 2.37. The van der Waals surface area contributed by atoms with Gasteiger partial charge >= 0.3 is 12.0 Å². The summed E-state index contributed by atoms with van der Waals surface area (Å²) in [5, 5.41) is 2.81. The van der Waals surface area contributed by atoms with Crippen LogP contribution in [0.5, 0.6) is 11.5 Å². The van der Waals surface area contributed by atoms with E-state index in [4.69, 9.17) is 14.2 Å². The zero-order valence-electron chi connectivity index (χ0n) is 17.7. The highest BCUT2D eigenvalue weighted by Gasteiger charge is 2.45. The molecule has 32 heavy (non-hydrogen) atoms. The number of ether oxygens (including phenoxy) is 3. The van der Waals surface area contributed by atoms with Gasteiger partial charge in [0.2, 0.25) is 6.79 Å². The summed E-state index contributed by atoms with van der Waals surface area (Å²) in [7, 11) is 0. The van der Waals surface area contributed by atoms with Gasteiger partial charge in [-0.25, -0.2) is 13.6 Å². The van der Waals surface area contributed by atoms with Crippen LogP contribution in [0, 0.1) is 17.0 Å². The van der Waals surface area contributed by atoms with E-state index in [-0.39, 0.29) is 31.9 Å². The summed E-state index contributed by atoms with van der Waals surface area (Å²) in [6.07, 6.45) is 0.971. The van der Waals surface area contributed by atoms with Crippen LogP contribution in [-0.4, -0.2) is 43.4 Å². The molecular weight excluding hydrogens is 422 g/mol. The molecule has 0 radical (unpaired) electrons. The van der Waals surface area contributed by atoms with Gasteiger partial charge in [-0.1, -0.05) is 6.07 Å². The summed E-state index contributed by atoms with van der Waals surface area (Å²) in [5.41, 5.74) is -0.396. The van der Waals surface area contributed by atoms with Crippen molar-refractivity contribution in [2.24, 2.45) is 5.41 Å². The Labute approximate surface area is 184 Å². The lowest BCUT2D eigenvalue weighted by atomic mass is 9.75. The fourth-order valence-electron chi connectivity index (χ4n) is 4.18. The van der Waals surface area contributed by atoms with Crippen molar-refractivity contribution in [2.45, 2.75) is 26.2 Å². The molecule has 9 heteroatoms. The normalized spacial score (nSPS) is 19.5. The number of hydrogen-bond acceptors (Lipinski definition) is 5. The molecule has 1 atom stereocenters. The lowest BCUT2D eigenvalue weighted by molar-refractivity contribution is -0.158. The number of carbonyl (C=O) groups is 2. The number of likely N-dealkylation sites (tertiary alicyclic amines) is 1. The molecule has 2 aliphatic rings. The van der Waals surface area contributed by atoms with Crippen molar-refractivity contribution in [3.63, 3.8) is 0 Å². The number of amides is 2. The number of piperidine rings is 1. The topological polar surface area (TPSA) is 77.1 Å². The van der Waals surface area contributed by atoms with Gasteiger partial charge in [-0.05, 0) is 49.9 Å². The van der Waals surface area contributed by atoms with Crippen LogP contribution in [0.15, 0.2) is 36.4 Å². The average Bonchev–Trinajstić information content (AvgIpc) is 3.24. The van der Waals surface area contributed by atoms with Crippen molar-refractivity contribution in [3.05, 3.63) is 53.6 Å². The SMILES string of the molecule is CCOC(=O)[C@@]1(Cc2ccc(F)cc2F)CCCN(C(=O)Nc2ccc3c(c2)OCO3)C1. The van der Waals surface area contributed by atoms with Crippen molar-refractivity contribution in [1.82, 2.24) is 4.90 Å². The minimum absolute atomic E-state index is 0.00571. The lowest BCUT2D eigenvalue weighted by Crippen LogP contribution is -2.52.